The van der Waals surface area contributed by atoms with Gasteiger partial charge in [-0.2, -0.15) is 0 Å². The average Bonchev–Trinajstić information content (AvgIpc) is 2.17. The van der Waals surface area contributed by atoms with Crippen molar-refractivity contribution in [2.24, 2.45) is 5.16 Å². The van der Waals surface area contributed by atoms with Crippen LogP contribution in [-0.4, -0.2) is 11.9 Å². The van der Waals surface area contributed by atoms with Crippen LogP contribution in [-0.2, 0) is 11.4 Å². The van der Waals surface area contributed by atoms with Crippen LogP contribution in [0.1, 0.15) is 11.1 Å². The molecular weight excluding hydrogens is 152 g/mol. The van der Waals surface area contributed by atoms with Crippen LogP contribution in [0.25, 0.3) is 0 Å². The van der Waals surface area contributed by atoms with Crippen LogP contribution >= 0.6 is 0 Å². The molecule has 0 aliphatic carbocycles. The highest BCUT2D eigenvalue weighted by molar-refractivity contribution is 6.37. The Morgan fingerprint density at radius 1 is 1.42 bits per heavy atom. The van der Waals surface area contributed by atoms with E-state index in [-0.39, 0.29) is 0 Å². The molecule has 2 rings (SSSR count). The lowest BCUT2D eigenvalue weighted by Gasteiger charge is -2.12. The zero-order valence-electron chi connectivity index (χ0n) is 6.45. The number of fused-ring (bicyclic) bond motifs is 1. The summed E-state index contributed by atoms with van der Waals surface area (Å²) >= 11 is 0. The van der Waals surface area contributed by atoms with Gasteiger partial charge in [-0.05, 0) is 0 Å². The van der Waals surface area contributed by atoms with Gasteiger partial charge >= 0.3 is 0 Å². The molecule has 1 N–H and O–H groups in total. The second-order valence-corrected chi connectivity index (χ2v) is 2.55. The number of rotatable bonds is 1. The van der Waals surface area contributed by atoms with Crippen molar-refractivity contribution in [2.45, 2.75) is 6.61 Å². The molecule has 0 saturated carbocycles. The largest absolute Gasteiger partial charge is 0.390 e. The summed E-state index contributed by atoms with van der Waals surface area (Å²) in [6.45, 7) is 0.507. The number of nitrogens with zero attached hydrogens (tertiary/aromatic N) is 1. The highest BCUT2D eigenvalue weighted by Gasteiger charge is 2.11. The van der Waals surface area contributed by atoms with Gasteiger partial charge in [0.1, 0.15) is 12.3 Å². The Morgan fingerprint density at radius 2 is 2.25 bits per heavy atom. The van der Waals surface area contributed by atoms with Crippen molar-refractivity contribution in [3.05, 3.63) is 35.4 Å². The fraction of sp³-hybridized carbons (Fsp3) is 0.111. The zero-order chi connectivity index (χ0) is 8.39. The summed E-state index contributed by atoms with van der Waals surface area (Å²) in [4.78, 5) is 4.94. The molecule has 1 aromatic rings. The minimum atomic E-state index is 0.507. The Labute approximate surface area is 70.2 Å². The fourth-order valence-corrected chi connectivity index (χ4v) is 1.22. The van der Waals surface area contributed by atoms with Crippen molar-refractivity contribution in [3.8, 4) is 0 Å². The Balaban J connectivity index is 2.55. The Hall–Kier alpha value is -1.64. The fourth-order valence-electron chi connectivity index (χ4n) is 1.22. The molecular formula is C9H8N2O. The summed E-state index contributed by atoms with van der Waals surface area (Å²) in [5.41, 5.74) is 2.68. The number of oxime groups is 1. The molecule has 0 atom stereocenters. The minimum absolute atomic E-state index is 0.507. The SMILES string of the molecule is N=CC1=NOCc2ccccc21. The topological polar surface area (TPSA) is 45.4 Å². The van der Waals surface area contributed by atoms with Gasteiger partial charge in [0.15, 0.2) is 0 Å². The van der Waals surface area contributed by atoms with E-state index in [9.17, 15) is 0 Å². The van der Waals surface area contributed by atoms with Crippen LogP contribution in [0.4, 0.5) is 0 Å². The van der Waals surface area contributed by atoms with Gasteiger partial charge in [-0.3, -0.25) is 0 Å². The Kier molecular flexibility index (Phi) is 1.63. The van der Waals surface area contributed by atoms with E-state index in [0.717, 1.165) is 11.1 Å². The first-order valence-electron chi connectivity index (χ1n) is 3.70. The molecule has 60 valence electrons. The van der Waals surface area contributed by atoms with Crippen molar-refractivity contribution >= 4 is 11.9 Å². The van der Waals surface area contributed by atoms with Gasteiger partial charge in [-0.1, -0.05) is 29.4 Å². The Morgan fingerprint density at radius 3 is 3.08 bits per heavy atom. The summed E-state index contributed by atoms with van der Waals surface area (Å²) in [5, 5.41) is 10.9. The van der Waals surface area contributed by atoms with Gasteiger partial charge in [-0.15, -0.1) is 0 Å². The molecule has 0 saturated heterocycles. The second-order valence-electron chi connectivity index (χ2n) is 2.55. The third kappa shape index (κ3) is 0.993. The molecule has 0 radical (unpaired) electrons. The van der Waals surface area contributed by atoms with Crippen LogP contribution < -0.4 is 0 Å². The zero-order valence-corrected chi connectivity index (χ0v) is 6.45. The summed E-state index contributed by atoms with van der Waals surface area (Å²) in [5.74, 6) is 0. The van der Waals surface area contributed by atoms with Gasteiger partial charge in [-0.25, -0.2) is 0 Å². The average molecular weight is 160 g/mol. The monoisotopic (exact) mass is 160 g/mol. The number of hydrogen-bond acceptors (Lipinski definition) is 3. The maximum atomic E-state index is 7.09. The van der Waals surface area contributed by atoms with Crippen molar-refractivity contribution in [1.29, 1.82) is 5.41 Å². The van der Waals surface area contributed by atoms with E-state index in [1.165, 1.54) is 6.21 Å². The molecule has 0 spiro atoms. The van der Waals surface area contributed by atoms with Gasteiger partial charge in [0, 0.05) is 17.3 Å². The summed E-state index contributed by atoms with van der Waals surface area (Å²) in [7, 11) is 0. The van der Waals surface area contributed by atoms with E-state index < -0.39 is 0 Å². The lowest BCUT2D eigenvalue weighted by molar-refractivity contribution is 0.127. The molecule has 1 aliphatic rings. The summed E-state index contributed by atoms with van der Waals surface area (Å²) in [6, 6.07) is 7.81. The maximum absolute atomic E-state index is 7.09. The predicted molar refractivity (Wildman–Crippen MR) is 46.6 cm³/mol. The summed E-state index contributed by atoms with van der Waals surface area (Å²) < 4.78 is 0. The molecule has 1 aliphatic heterocycles. The first-order valence-corrected chi connectivity index (χ1v) is 3.70. The van der Waals surface area contributed by atoms with E-state index in [4.69, 9.17) is 10.2 Å². The third-order valence-electron chi connectivity index (χ3n) is 1.81. The predicted octanol–water partition coefficient (Wildman–Crippen LogP) is 1.57. The molecule has 12 heavy (non-hydrogen) atoms. The lowest BCUT2D eigenvalue weighted by atomic mass is 10.0. The second kappa shape index (κ2) is 2.77. The van der Waals surface area contributed by atoms with Crippen LogP contribution in [0, 0.1) is 5.41 Å². The van der Waals surface area contributed by atoms with Crippen LogP contribution in [0.15, 0.2) is 29.4 Å². The molecule has 0 aromatic heterocycles. The van der Waals surface area contributed by atoms with Crippen molar-refractivity contribution in [2.75, 3.05) is 0 Å². The smallest absolute Gasteiger partial charge is 0.143 e. The van der Waals surface area contributed by atoms with Crippen LogP contribution in [0.2, 0.25) is 0 Å². The Bertz CT molecular complexity index is 344. The molecule has 3 nitrogen and oxygen atoms in total. The maximum Gasteiger partial charge on any atom is 0.143 e. The van der Waals surface area contributed by atoms with Gasteiger partial charge in [0.25, 0.3) is 0 Å². The van der Waals surface area contributed by atoms with E-state index in [1.54, 1.807) is 0 Å². The molecule has 3 heteroatoms. The molecule has 0 amide bonds. The van der Waals surface area contributed by atoms with Gasteiger partial charge < -0.3 is 10.2 Å². The number of benzene rings is 1. The highest BCUT2D eigenvalue weighted by Crippen LogP contribution is 2.15. The van der Waals surface area contributed by atoms with Crippen LogP contribution in [0.5, 0.6) is 0 Å². The summed E-state index contributed by atoms with van der Waals surface area (Å²) in [6.07, 6.45) is 1.21. The van der Waals surface area contributed by atoms with E-state index in [1.807, 2.05) is 24.3 Å². The highest BCUT2D eigenvalue weighted by atomic mass is 16.6. The van der Waals surface area contributed by atoms with Gasteiger partial charge in [0.05, 0.1) is 0 Å². The molecule has 0 fully saturated rings. The number of hydrogen-bond donors (Lipinski definition) is 1. The van der Waals surface area contributed by atoms with Gasteiger partial charge in [0.2, 0.25) is 0 Å². The van der Waals surface area contributed by atoms with Crippen molar-refractivity contribution in [3.63, 3.8) is 0 Å². The first kappa shape index (κ1) is 7.03. The minimum Gasteiger partial charge on any atom is -0.390 e. The third-order valence-corrected chi connectivity index (χ3v) is 1.81. The van der Waals surface area contributed by atoms with E-state index in [2.05, 4.69) is 5.16 Å². The standard InChI is InChI=1S/C9H8N2O/c10-5-9-8-4-2-1-3-7(8)6-12-11-9/h1-5,10H,6H2. The molecule has 1 heterocycles. The quantitative estimate of drug-likeness (QED) is 0.623. The lowest BCUT2D eigenvalue weighted by Crippen LogP contribution is -2.11. The van der Waals surface area contributed by atoms with E-state index in [0.29, 0.717) is 12.3 Å². The molecule has 0 unspecified atom stereocenters. The number of nitrogens with one attached hydrogen (secondary N) is 1. The first-order chi connectivity index (χ1) is 5.92. The molecule has 1 aromatic carbocycles. The molecule has 0 bridgehead atoms. The van der Waals surface area contributed by atoms with E-state index >= 15 is 0 Å². The van der Waals surface area contributed by atoms with Crippen molar-refractivity contribution < 1.29 is 4.84 Å². The van der Waals surface area contributed by atoms with Crippen LogP contribution in [0.3, 0.4) is 0 Å². The normalized spacial score (nSPS) is 14.2. The van der Waals surface area contributed by atoms with Crippen molar-refractivity contribution in [1.82, 2.24) is 0 Å².